The zero-order valence-corrected chi connectivity index (χ0v) is 7.03. The lowest BCUT2D eigenvalue weighted by Gasteiger charge is -1.93. The van der Waals surface area contributed by atoms with Crippen molar-refractivity contribution in [1.82, 2.24) is 10.3 Å². The third kappa shape index (κ3) is 2.93. The summed E-state index contributed by atoms with van der Waals surface area (Å²) in [4.78, 5) is 9.77. The first-order chi connectivity index (χ1) is 6.72. The summed E-state index contributed by atoms with van der Waals surface area (Å²) in [5.41, 5.74) is 7.14. The van der Waals surface area contributed by atoms with E-state index < -0.39 is 5.96 Å². The summed E-state index contributed by atoms with van der Waals surface area (Å²) in [6.45, 7) is 0. The van der Waals surface area contributed by atoms with Crippen LogP contribution in [0, 0.1) is 4.91 Å². The number of nitrogens with one attached hydrogen (secondary N) is 1. The van der Waals surface area contributed by atoms with Gasteiger partial charge in [0.1, 0.15) is 0 Å². The molecule has 74 valence electrons. The van der Waals surface area contributed by atoms with Crippen molar-refractivity contribution in [2.75, 3.05) is 0 Å². The number of nitrogens with two attached hydrogens (primary N) is 1. The molecule has 0 aliphatic heterocycles. The van der Waals surface area contributed by atoms with Crippen LogP contribution in [0.2, 0.25) is 0 Å². The van der Waals surface area contributed by atoms with E-state index in [2.05, 4.69) is 20.9 Å². The van der Waals surface area contributed by atoms with E-state index in [9.17, 15) is 4.91 Å². The SMILES string of the molecule is N/C(N=O)=N\NN=c1ccn(O)cc1. The molecule has 0 aliphatic carbocycles. The summed E-state index contributed by atoms with van der Waals surface area (Å²) < 4.78 is 0.865. The summed E-state index contributed by atoms with van der Waals surface area (Å²) in [6, 6.07) is 3.04. The van der Waals surface area contributed by atoms with Crippen LogP contribution in [0.15, 0.2) is 39.9 Å². The summed E-state index contributed by atoms with van der Waals surface area (Å²) in [6.07, 6.45) is 2.76. The van der Waals surface area contributed by atoms with Crippen LogP contribution in [-0.4, -0.2) is 15.9 Å². The third-order valence-corrected chi connectivity index (χ3v) is 1.23. The minimum Gasteiger partial charge on any atom is -0.429 e. The molecule has 0 saturated carbocycles. The molecule has 1 rings (SSSR count). The average Bonchev–Trinajstić information content (AvgIpc) is 2.21. The molecule has 8 nitrogen and oxygen atoms in total. The van der Waals surface area contributed by atoms with E-state index in [-0.39, 0.29) is 0 Å². The van der Waals surface area contributed by atoms with Crippen LogP contribution in [-0.2, 0) is 0 Å². The molecule has 0 amide bonds. The van der Waals surface area contributed by atoms with Crippen LogP contribution in [0.1, 0.15) is 0 Å². The lowest BCUT2D eigenvalue weighted by atomic mass is 10.5. The Morgan fingerprint density at radius 3 is 2.71 bits per heavy atom. The van der Waals surface area contributed by atoms with Gasteiger partial charge in [0.15, 0.2) is 0 Å². The molecule has 0 bridgehead atoms. The monoisotopic (exact) mass is 196 g/mol. The maximum Gasteiger partial charge on any atom is 0.280 e. The predicted octanol–water partition coefficient (Wildman–Crippen LogP) is -0.873. The van der Waals surface area contributed by atoms with E-state index in [0.717, 1.165) is 4.73 Å². The number of aromatic nitrogens is 1. The maximum absolute atomic E-state index is 9.77. The highest BCUT2D eigenvalue weighted by Crippen LogP contribution is 1.75. The van der Waals surface area contributed by atoms with Gasteiger partial charge in [0.05, 0.1) is 5.36 Å². The van der Waals surface area contributed by atoms with E-state index >= 15 is 0 Å². The number of nitroso groups, excluding NO2 is 1. The molecule has 0 unspecified atom stereocenters. The maximum atomic E-state index is 9.77. The summed E-state index contributed by atoms with van der Waals surface area (Å²) in [5.74, 6) is -0.443. The van der Waals surface area contributed by atoms with Gasteiger partial charge < -0.3 is 10.9 Å². The van der Waals surface area contributed by atoms with Gasteiger partial charge in [-0.2, -0.15) is 10.6 Å². The molecule has 1 aromatic rings. The van der Waals surface area contributed by atoms with Gasteiger partial charge >= 0.3 is 0 Å². The summed E-state index contributed by atoms with van der Waals surface area (Å²) >= 11 is 0. The Morgan fingerprint density at radius 1 is 1.50 bits per heavy atom. The van der Waals surface area contributed by atoms with Crippen LogP contribution >= 0.6 is 0 Å². The topological polar surface area (TPSA) is 117 Å². The van der Waals surface area contributed by atoms with Gasteiger partial charge in [-0.1, -0.05) is 0 Å². The van der Waals surface area contributed by atoms with Crippen molar-refractivity contribution in [3.05, 3.63) is 34.8 Å². The molecule has 0 aromatic carbocycles. The number of guanidine groups is 1. The van der Waals surface area contributed by atoms with Crippen LogP contribution in [0.3, 0.4) is 0 Å². The second kappa shape index (κ2) is 4.60. The second-order valence-electron chi connectivity index (χ2n) is 2.21. The minimum absolute atomic E-state index is 0.443. The highest BCUT2D eigenvalue weighted by molar-refractivity contribution is 5.78. The van der Waals surface area contributed by atoms with Gasteiger partial charge in [-0.15, -0.1) is 10.0 Å². The van der Waals surface area contributed by atoms with Gasteiger partial charge in [-0.05, 0) is 12.1 Å². The van der Waals surface area contributed by atoms with Crippen molar-refractivity contribution in [3.63, 3.8) is 0 Å². The second-order valence-corrected chi connectivity index (χ2v) is 2.21. The lowest BCUT2D eigenvalue weighted by Crippen LogP contribution is -2.14. The Labute approximate surface area is 78.3 Å². The molecule has 0 radical (unpaired) electrons. The number of hydrazone groups is 1. The fourth-order valence-electron chi connectivity index (χ4n) is 0.640. The van der Waals surface area contributed by atoms with E-state index in [4.69, 9.17) is 10.9 Å². The zero-order chi connectivity index (χ0) is 10.4. The number of rotatable bonds is 2. The van der Waals surface area contributed by atoms with E-state index in [1.807, 2.05) is 0 Å². The highest BCUT2D eigenvalue weighted by Gasteiger charge is 1.84. The van der Waals surface area contributed by atoms with Crippen molar-refractivity contribution in [3.8, 4) is 0 Å². The molecule has 0 fully saturated rings. The number of pyridine rings is 1. The van der Waals surface area contributed by atoms with Gasteiger partial charge in [-0.3, -0.25) is 0 Å². The Kier molecular flexibility index (Phi) is 3.19. The average molecular weight is 196 g/mol. The predicted molar refractivity (Wildman–Crippen MR) is 47.7 cm³/mol. The molecular weight excluding hydrogens is 188 g/mol. The molecule has 8 heteroatoms. The quantitative estimate of drug-likeness (QED) is 0.187. The standard InChI is InChI=1S/C6H8N6O2/c7-6(10-13)9-11-8-5-1-3-12(14)4-2-5/h1-4,11,14H,(H2,7,9). The molecule has 1 aromatic heterocycles. The molecule has 0 saturated heterocycles. The van der Waals surface area contributed by atoms with Crippen molar-refractivity contribution in [2.45, 2.75) is 0 Å². The first-order valence-electron chi connectivity index (χ1n) is 3.55. The smallest absolute Gasteiger partial charge is 0.280 e. The minimum atomic E-state index is -0.443. The number of nitrogens with zero attached hydrogens (tertiary/aromatic N) is 4. The van der Waals surface area contributed by atoms with E-state index in [1.54, 1.807) is 0 Å². The Morgan fingerprint density at radius 2 is 2.14 bits per heavy atom. The highest BCUT2D eigenvalue weighted by atomic mass is 16.5. The van der Waals surface area contributed by atoms with Crippen LogP contribution in [0.25, 0.3) is 0 Å². The van der Waals surface area contributed by atoms with E-state index in [1.165, 1.54) is 24.5 Å². The molecule has 4 N–H and O–H groups in total. The van der Waals surface area contributed by atoms with Crippen LogP contribution in [0.5, 0.6) is 0 Å². The molecule has 1 heterocycles. The van der Waals surface area contributed by atoms with Crippen molar-refractivity contribution in [1.29, 1.82) is 0 Å². The van der Waals surface area contributed by atoms with Crippen molar-refractivity contribution < 1.29 is 5.21 Å². The fraction of sp³-hybridized carbons (Fsp3) is 0. The number of hydrogen-bond acceptors (Lipinski definition) is 5. The van der Waals surface area contributed by atoms with Gasteiger partial charge in [0, 0.05) is 17.6 Å². The van der Waals surface area contributed by atoms with Crippen LogP contribution < -0.4 is 16.6 Å². The number of hydrogen-bond donors (Lipinski definition) is 3. The van der Waals surface area contributed by atoms with Gasteiger partial charge in [-0.25, -0.2) is 4.73 Å². The third-order valence-electron chi connectivity index (χ3n) is 1.23. The molecular formula is C6H8N6O2. The first kappa shape index (κ1) is 9.71. The molecule has 0 aliphatic rings. The Bertz CT molecular complexity index is 389. The summed E-state index contributed by atoms with van der Waals surface area (Å²) in [7, 11) is 0. The van der Waals surface area contributed by atoms with E-state index in [0.29, 0.717) is 5.36 Å². The van der Waals surface area contributed by atoms with Crippen molar-refractivity contribution >= 4 is 5.96 Å². The Hall–Kier alpha value is -2.38. The van der Waals surface area contributed by atoms with Crippen LogP contribution in [0.4, 0.5) is 0 Å². The molecule has 14 heavy (non-hydrogen) atoms. The normalized spacial score (nSPS) is 10.7. The zero-order valence-electron chi connectivity index (χ0n) is 7.03. The van der Waals surface area contributed by atoms with Gasteiger partial charge in [0.2, 0.25) is 0 Å². The molecule has 0 spiro atoms. The Balaban J connectivity index is 2.70. The largest absolute Gasteiger partial charge is 0.429 e. The lowest BCUT2D eigenvalue weighted by molar-refractivity contribution is 0.184. The molecule has 0 atom stereocenters. The van der Waals surface area contributed by atoms with Crippen molar-refractivity contribution in [2.24, 2.45) is 21.1 Å². The summed E-state index contributed by atoms with van der Waals surface area (Å²) in [5, 5.41) is 18.7. The van der Waals surface area contributed by atoms with Gasteiger partial charge in [0.25, 0.3) is 5.96 Å². The fourth-order valence-corrected chi connectivity index (χ4v) is 0.640. The first-order valence-corrected chi connectivity index (χ1v) is 3.55.